The first-order valence-corrected chi connectivity index (χ1v) is 6.72. The molecule has 0 aliphatic carbocycles. The van der Waals surface area contributed by atoms with Crippen LogP contribution in [-0.2, 0) is 0 Å². The number of aliphatic hydroxyl groups is 1. The van der Waals surface area contributed by atoms with Crippen molar-refractivity contribution in [3.05, 3.63) is 71.7 Å². The fourth-order valence-electron chi connectivity index (χ4n) is 2.73. The van der Waals surface area contributed by atoms with Gasteiger partial charge in [0.1, 0.15) is 5.82 Å². The van der Waals surface area contributed by atoms with Gasteiger partial charge in [-0.3, -0.25) is 0 Å². The number of H-pyrrole nitrogens is 1. The summed E-state index contributed by atoms with van der Waals surface area (Å²) in [6.45, 7) is 0.118. The molecule has 3 rings (SSSR count). The molecule has 0 saturated heterocycles. The van der Waals surface area contributed by atoms with E-state index < -0.39 is 0 Å². The lowest BCUT2D eigenvalue weighted by Gasteiger charge is -2.16. The maximum absolute atomic E-state index is 13.3. The third-order valence-electron chi connectivity index (χ3n) is 3.67. The predicted octanol–water partition coefficient (Wildman–Crippen LogP) is 3.82. The number of aromatic amines is 1. The number of fused-ring (bicyclic) bond motifs is 1. The second-order valence-corrected chi connectivity index (χ2v) is 4.91. The number of halogens is 1. The van der Waals surface area contributed by atoms with Crippen molar-refractivity contribution in [1.82, 2.24) is 4.98 Å². The van der Waals surface area contributed by atoms with Crippen LogP contribution in [0.5, 0.6) is 0 Å². The lowest BCUT2D eigenvalue weighted by atomic mass is 9.88. The Morgan fingerprint density at radius 2 is 1.90 bits per heavy atom. The molecule has 1 unspecified atom stereocenters. The molecule has 0 bridgehead atoms. The molecule has 2 N–H and O–H groups in total. The van der Waals surface area contributed by atoms with E-state index in [2.05, 4.69) is 17.1 Å². The van der Waals surface area contributed by atoms with Gasteiger partial charge in [0, 0.05) is 29.6 Å². The van der Waals surface area contributed by atoms with E-state index in [0.29, 0.717) is 6.42 Å². The highest BCUT2D eigenvalue weighted by Crippen LogP contribution is 2.33. The van der Waals surface area contributed by atoms with Crippen LogP contribution in [0.4, 0.5) is 4.39 Å². The minimum Gasteiger partial charge on any atom is -0.396 e. The van der Waals surface area contributed by atoms with Gasteiger partial charge in [0.25, 0.3) is 0 Å². The molecule has 0 aliphatic rings. The zero-order valence-electron chi connectivity index (χ0n) is 11.0. The minimum absolute atomic E-state index is 0.111. The molecule has 0 aliphatic heterocycles. The highest BCUT2D eigenvalue weighted by molar-refractivity contribution is 5.84. The molecule has 20 heavy (non-hydrogen) atoms. The van der Waals surface area contributed by atoms with Crippen LogP contribution in [0.2, 0.25) is 0 Å². The summed E-state index contributed by atoms with van der Waals surface area (Å²) in [5, 5.41) is 10.4. The largest absolute Gasteiger partial charge is 0.396 e. The summed E-state index contributed by atoms with van der Waals surface area (Å²) in [7, 11) is 0. The van der Waals surface area contributed by atoms with Gasteiger partial charge in [-0.1, -0.05) is 30.3 Å². The van der Waals surface area contributed by atoms with Crippen LogP contribution < -0.4 is 0 Å². The fourth-order valence-corrected chi connectivity index (χ4v) is 2.73. The summed E-state index contributed by atoms with van der Waals surface area (Å²) in [5.74, 6) is -0.135. The molecule has 102 valence electrons. The molecule has 0 amide bonds. The lowest BCUT2D eigenvalue weighted by Crippen LogP contribution is -2.03. The Labute approximate surface area is 116 Å². The number of aliphatic hydroxyl groups excluding tert-OH is 1. The highest BCUT2D eigenvalue weighted by Gasteiger charge is 2.17. The monoisotopic (exact) mass is 269 g/mol. The summed E-state index contributed by atoms with van der Waals surface area (Å²) in [5.41, 5.74) is 3.05. The van der Waals surface area contributed by atoms with E-state index in [9.17, 15) is 9.50 Å². The number of hydrogen-bond donors (Lipinski definition) is 2. The van der Waals surface area contributed by atoms with Crippen molar-refractivity contribution in [2.45, 2.75) is 12.3 Å². The van der Waals surface area contributed by atoms with E-state index >= 15 is 0 Å². The van der Waals surface area contributed by atoms with Gasteiger partial charge >= 0.3 is 0 Å². The summed E-state index contributed by atoms with van der Waals surface area (Å²) < 4.78 is 13.3. The van der Waals surface area contributed by atoms with E-state index in [1.807, 2.05) is 24.4 Å². The SMILES string of the molecule is OCCC(c1ccccc1)c1c[nH]c2cc(F)ccc12. The molecule has 0 radical (unpaired) electrons. The zero-order chi connectivity index (χ0) is 13.9. The molecular weight excluding hydrogens is 253 g/mol. The Kier molecular flexibility index (Phi) is 3.52. The topological polar surface area (TPSA) is 36.0 Å². The van der Waals surface area contributed by atoms with Gasteiger partial charge in [-0.2, -0.15) is 0 Å². The van der Waals surface area contributed by atoms with E-state index in [-0.39, 0.29) is 18.3 Å². The first kappa shape index (κ1) is 12.9. The molecule has 1 atom stereocenters. The Hall–Kier alpha value is -2.13. The number of aromatic nitrogens is 1. The van der Waals surface area contributed by atoms with E-state index in [0.717, 1.165) is 22.0 Å². The van der Waals surface area contributed by atoms with Crippen molar-refractivity contribution >= 4 is 10.9 Å². The van der Waals surface area contributed by atoms with Crippen LogP contribution in [-0.4, -0.2) is 16.7 Å². The molecule has 0 spiro atoms. The van der Waals surface area contributed by atoms with Gasteiger partial charge < -0.3 is 10.1 Å². The number of rotatable bonds is 4. The summed E-state index contributed by atoms with van der Waals surface area (Å²) >= 11 is 0. The van der Waals surface area contributed by atoms with Crippen molar-refractivity contribution in [3.8, 4) is 0 Å². The van der Waals surface area contributed by atoms with Crippen molar-refractivity contribution in [3.63, 3.8) is 0 Å². The van der Waals surface area contributed by atoms with Crippen LogP contribution in [0, 0.1) is 5.82 Å². The average molecular weight is 269 g/mol. The van der Waals surface area contributed by atoms with E-state index in [4.69, 9.17) is 0 Å². The second kappa shape index (κ2) is 5.47. The first-order chi connectivity index (χ1) is 9.79. The van der Waals surface area contributed by atoms with Crippen LogP contribution in [0.25, 0.3) is 10.9 Å². The Morgan fingerprint density at radius 3 is 2.65 bits per heavy atom. The lowest BCUT2D eigenvalue weighted by molar-refractivity contribution is 0.282. The summed E-state index contributed by atoms with van der Waals surface area (Å²) in [6.07, 6.45) is 2.56. The molecule has 0 saturated carbocycles. The maximum Gasteiger partial charge on any atom is 0.125 e. The molecular formula is C17H16FNO. The Bertz CT molecular complexity index is 705. The summed E-state index contributed by atoms with van der Waals surface area (Å²) in [6, 6.07) is 14.8. The van der Waals surface area contributed by atoms with Crippen molar-refractivity contribution < 1.29 is 9.50 Å². The first-order valence-electron chi connectivity index (χ1n) is 6.72. The molecule has 1 heterocycles. The van der Waals surface area contributed by atoms with Crippen LogP contribution >= 0.6 is 0 Å². The van der Waals surface area contributed by atoms with Gasteiger partial charge in [-0.25, -0.2) is 4.39 Å². The van der Waals surface area contributed by atoms with Gasteiger partial charge in [0.05, 0.1) is 0 Å². The minimum atomic E-state index is -0.246. The van der Waals surface area contributed by atoms with Gasteiger partial charge in [-0.15, -0.1) is 0 Å². The van der Waals surface area contributed by atoms with E-state index in [1.54, 1.807) is 6.07 Å². The number of hydrogen-bond acceptors (Lipinski definition) is 1. The van der Waals surface area contributed by atoms with Crippen LogP contribution in [0.1, 0.15) is 23.5 Å². The standard InChI is InChI=1S/C17H16FNO/c18-13-6-7-15-16(11-19-17(15)10-13)14(8-9-20)12-4-2-1-3-5-12/h1-7,10-11,14,19-20H,8-9H2. The number of benzene rings is 2. The molecule has 1 aromatic heterocycles. The third-order valence-corrected chi connectivity index (χ3v) is 3.67. The Morgan fingerprint density at radius 1 is 1.10 bits per heavy atom. The quantitative estimate of drug-likeness (QED) is 0.742. The molecule has 0 fully saturated rings. The molecule has 3 heteroatoms. The molecule has 2 aromatic carbocycles. The van der Waals surface area contributed by atoms with Crippen molar-refractivity contribution in [2.75, 3.05) is 6.61 Å². The van der Waals surface area contributed by atoms with Crippen molar-refractivity contribution in [2.24, 2.45) is 0 Å². The smallest absolute Gasteiger partial charge is 0.125 e. The van der Waals surface area contributed by atoms with Gasteiger partial charge in [-0.05, 0) is 35.7 Å². The van der Waals surface area contributed by atoms with Crippen molar-refractivity contribution in [1.29, 1.82) is 0 Å². The molecule has 2 nitrogen and oxygen atoms in total. The fraction of sp³-hybridized carbons (Fsp3) is 0.176. The maximum atomic E-state index is 13.3. The number of nitrogens with one attached hydrogen (secondary N) is 1. The highest BCUT2D eigenvalue weighted by atomic mass is 19.1. The Balaban J connectivity index is 2.10. The van der Waals surface area contributed by atoms with Crippen LogP contribution in [0.3, 0.4) is 0 Å². The molecule has 3 aromatic rings. The van der Waals surface area contributed by atoms with Gasteiger partial charge in [0.15, 0.2) is 0 Å². The zero-order valence-corrected chi connectivity index (χ0v) is 11.0. The summed E-state index contributed by atoms with van der Waals surface area (Å²) in [4.78, 5) is 3.12. The predicted molar refractivity (Wildman–Crippen MR) is 78.2 cm³/mol. The average Bonchev–Trinajstić information content (AvgIpc) is 2.88. The van der Waals surface area contributed by atoms with Gasteiger partial charge in [0.2, 0.25) is 0 Å². The second-order valence-electron chi connectivity index (χ2n) is 4.91. The van der Waals surface area contributed by atoms with Crippen LogP contribution in [0.15, 0.2) is 54.7 Å². The normalized spacial score (nSPS) is 12.7. The third kappa shape index (κ3) is 2.32. The van der Waals surface area contributed by atoms with E-state index in [1.165, 1.54) is 12.1 Å².